The Morgan fingerprint density at radius 2 is 2.31 bits per heavy atom. The molecular formula is C11H21NO. The van der Waals surface area contributed by atoms with E-state index < -0.39 is 5.60 Å². The summed E-state index contributed by atoms with van der Waals surface area (Å²) in [5, 5.41) is 10.6. The van der Waals surface area contributed by atoms with E-state index >= 15 is 0 Å². The molecule has 0 amide bonds. The van der Waals surface area contributed by atoms with Crippen molar-refractivity contribution in [1.29, 1.82) is 0 Å². The molecular weight excluding hydrogens is 162 g/mol. The Labute approximate surface area is 80.5 Å². The van der Waals surface area contributed by atoms with Gasteiger partial charge in [0.05, 0.1) is 5.60 Å². The number of nitrogens with two attached hydrogens (primary N) is 1. The molecule has 0 saturated heterocycles. The zero-order valence-corrected chi connectivity index (χ0v) is 8.50. The van der Waals surface area contributed by atoms with Crippen molar-refractivity contribution in [2.24, 2.45) is 23.5 Å². The normalized spacial score (nSPS) is 45.5. The van der Waals surface area contributed by atoms with E-state index in [2.05, 4.69) is 6.92 Å². The zero-order valence-electron chi connectivity index (χ0n) is 8.50. The van der Waals surface area contributed by atoms with Crippen LogP contribution in [0.3, 0.4) is 0 Å². The number of fused-ring (bicyclic) bond motifs is 2. The van der Waals surface area contributed by atoms with E-state index in [9.17, 15) is 5.11 Å². The molecule has 0 aromatic rings. The van der Waals surface area contributed by atoms with Crippen LogP contribution in [0.25, 0.3) is 0 Å². The third kappa shape index (κ3) is 1.31. The molecule has 4 unspecified atom stereocenters. The van der Waals surface area contributed by atoms with Gasteiger partial charge in [0.1, 0.15) is 0 Å². The second-order valence-corrected chi connectivity index (χ2v) is 4.91. The highest BCUT2D eigenvalue weighted by Crippen LogP contribution is 2.54. The Kier molecular flexibility index (Phi) is 2.37. The molecule has 2 bridgehead atoms. The largest absolute Gasteiger partial charge is 0.389 e. The van der Waals surface area contributed by atoms with Crippen molar-refractivity contribution >= 4 is 0 Å². The van der Waals surface area contributed by atoms with E-state index in [0.717, 1.165) is 18.8 Å². The lowest BCUT2D eigenvalue weighted by Crippen LogP contribution is -2.45. The van der Waals surface area contributed by atoms with Crippen molar-refractivity contribution in [3.8, 4) is 0 Å². The van der Waals surface area contributed by atoms with E-state index in [1.54, 1.807) is 0 Å². The van der Waals surface area contributed by atoms with Crippen molar-refractivity contribution in [3.05, 3.63) is 0 Å². The van der Waals surface area contributed by atoms with Crippen molar-refractivity contribution in [2.45, 2.75) is 44.6 Å². The molecule has 0 spiro atoms. The van der Waals surface area contributed by atoms with Crippen LogP contribution in [0.4, 0.5) is 0 Å². The molecule has 2 fully saturated rings. The van der Waals surface area contributed by atoms with Gasteiger partial charge in [-0.05, 0) is 56.4 Å². The highest BCUT2D eigenvalue weighted by atomic mass is 16.3. The number of aliphatic hydroxyl groups is 1. The molecule has 4 atom stereocenters. The average molecular weight is 183 g/mol. The summed E-state index contributed by atoms with van der Waals surface area (Å²) in [6.45, 7) is 2.79. The maximum atomic E-state index is 10.6. The molecule has 2 aliphatic rings. The van der Waals surface area contributed by atoms with E-state index in [1.807, 2.05) is 0 Å². The Morgan fingerprint density at radius 3 is 2.69 bits per heavy atom. The van der Waals surface area contributed by atoms with Gasteiger partial charge in [0.25, 0.3) is 0 Å². The fourth-order valence-corrected chi connectivity index (χ4v) is 3.57. The maximum absolute atomic E-state index is 10.6. The number of hydrogen-bond donors (Lipinski definition) is 2. The zero-order chi connectivity index (χ0) is 9.47. The molecule has 76 valence electrons. The highest BCUT2D eigenvalue weighted by molar-refractivity contribution is 5.04. The van der Waals surface area contributed by atoms with Gasteiger partial charge in [0.2, 0.25) is 0 Å². The summed E-state index contributed by atoms with van der Waals surface area (Å²) < 4.78 is 0. The summed E-state index contributed by atoms with van der Waals surface area (Å²) in [6, 6.07) is 0. The summed E-state index contributed by atoms with van der Waals surface area (Å²) in [4.78, 5) is 0. The average Bonchev–Trinajstić information content (AvgIpc) is 2.65. The topological polar surface area (TPSA) is 46.2 Å². The monoisotopic (exact) mass is 183 g/mol. The van der Waals surface area contributed by atoms with Crippen LogP contribution in [-0.2, 0) is 0 Å². The van der Waals surface area contributed by atoms with Crippen molar-refractivity contribution in [1.82, 2.24) is 0 Å². The van der Waals surface area contributed by atoms with Crippen molar-refractivity contribution < 1.29 is 5.11 Å². The molecule has 2 aliphatic carbocycles. The number of hydrogen-bond acceptors (Lipinski definition) is 2. The van der Waals surface area contributed by atoms with E-state index in [-0.39, 0.29) is 0 Å². The minimum atomic E-state index is -0.396. The summed E-state index contributed by atoms with van der Waals surface area (Å²) in [5.74, 6) is 1.70. The fraction of sp³-hybridized carbons (Fsp3) is 1.00. The van der Waals surface area contributed by atoms with E-state index in [1.165, 1.54) is 19.3 Å². The lowest BCUT2D eigenvalue weighted by atomic mass is 9.74. The van der Waals surface area contributed by atoms with Gasteiger partial charge in [-0.1, -0.05) is 6.92 Å². The first-order valence-corrected chi connectivity index (χ1v) is 5.63. The van der Waals surface area contributed by atoms with Crippen LogP contribution in [0.15, 0.2) is 0 Å². The Bertz CT molecular complexity index is 191. The van der Waals surface area contributed by atoms with Crippen molar-refractivity contribution in [2.75, 3.05) is 6.54 Å². The minimum absolute atomic E-state index is 0.336. The molecule has 0 aromatic carbocycles. The second-order valence-electron chi connectivity index (χ2n) is 4.91. The molecule has 2 heteroatoms. The van der Waals surface area contributed by atoms with E-state index in [0.29, 0.717) is 18.4 Å². The minimum Gasteiger partial charge on any atom is -0.389 e. The maximum Gasteiger partial charge on any atom is 0.0718 e. The first-order chi connectivity index (χ1) is 6.20. The summed E-state index contributed by atoms with van der Waals surface area (Å²) in [6.07, 6.45) is 5.88. The molecule has 0 aliphatic heterocycles. The van der Waals surface area contributed by atoms with Gasteiger partial charge < -0.3 is 10.8 Å². The smallest absolute Gasteiger partial charge is 0.0718 e. The van der Waals surface area contributed by atoms with Crippen LogP contribution in [0.5, 0.6) is 0 Å². The SMILES string of the molecule is CCC(CN)C1(O)CC2CCC1C2. The van der Waals surface area contributed by atoms with Crippen LogP contribution in [-0.4, -0.2) is 17.3 Å². The van der Waals surface area contributed by atoms with E-state index in [4.69, 9.17) is 5.73 Å². The lowest BCUT2D eigenvalue weighted by Gasteiger charge is -2.38. The Morgan fingerprint density at radius 1 is 1.54 bits per heavy atom. The number of rotatable bonds is 3. The molecule has 2 saturated carbocycles. The van der Waals surface area contributed by atoms with Gasteiger partial charge in [0.15, 0.2) is 0 Å². The van der Waals surface area contributed by atoms with Gasteiger partial charge in [-0.15, -0.1) is 0 Å². The van der Waals surface area contributed by atoms with Gasteiger partial charge in [0, 0.05) is 0 Å². The molecule has 0 radical (unpaired) electrons. The summed E-state index contributed by atoms with van der Waals surface area (Å²) in [7, 11) is 0. The molecule has 2 rings (SSSR count). The predicted octanol–water partition coefficient (Wildman–Crippen LogP) is 1.52. The van der Waals surface area contributed by atoms with Crippen LogP contribution < -0.4 is 5.73 Å². The highest BCUT2D eigenvalue weighted by Gasteiger charge is 2.52. The first-order valence-electron chi connectivity index (χ1n) is 5.63. The molecule has 0 heterocycles. The molecule has 3 N–H and O–H groups in total. The van der Waals surface area contributed by atoms with Crippen LogP contribution in [0.1, 0.15) is 39.0 Å². The Balaban J connectivity index is 2.11. The van der Waals surface area contributed by atoms with Crippen LogP contribution in [0.2, 0.25) is 0 Å². The van der Waals surface area contributed by atoms with Crippen LogP contribution in [0, 0.1) is 17.8 Å². The summed E-state index contributed by atoms with van der Waals surface area (Å²) >= 11 is 0. The van der Waals surface area contributed by atoms with Crippen molar-refractivity contribution in [3.63, 3.8) is 0 Å². The third-order valence-electron chi connectivity index (χ3n) is 4.35. The standard InChI is InChI=1S/C11H21NO/c1-2-9(7-12)11(13)6-8-3-4-10(11)5-8/h8-10,13H,2-7,12H2,1H3. The van der Waals surface area contributed by atoms with Gasteiger partial charge in [-0.3, -0.25) is 0 Å². The summed E-state index contributed by atoms with van der Waals surface area (Å²) in [5.41, 5.74) is 5.32. The van der Waals surface area contributed by atoms with Crippen LogP contribution >= 0.6 is 0 Å². The third-order valence-corrected chi connectivity index (χ3v) is 4.35. The Hall–Kier alpha value is -0.0800. The molecule has 2 nitrogen and oxygen atoms in total. The van der Waals surface area contributed by atoms with Gasteiger partial charge in [-0.2, -0.15) is 0 Å². The fourth-order valence-electron chi connectivity index (χ4n) is 3.57. The predicted molar refractivity (Wildman–Crippen MR) is 53.2 cm³/mol. The quantitative estimate of drug-likeness (QED) is 0.697. The molecule has 0 aromatic heterocycles. The lowest BCUT2D eigenvalue weighted by molar-refractivity contribution is -0.0630. The van der Waals surface area contributed by atoms with Gasteiger partial charge >= 0.3 is 0 Å². The first kappa shape index (κ1) is 9.47. The molecule has 13 heavy (non-hydrogen) atoms. The van der Waals surface area contributed by atoms with Gasteiger partial charge in [-0.25, -0.2) is 0 Å². The second kappa shape index (κ2) is 3.25.